The highest BCUT2D eigenvalue weighted by Gasteiger charge is 2.30. The molecule has 10 nitrogen and oxygen atoms in total. The van der Waals surface area contributed by atoms with Crippen molar-refractivity contribution in [3.05, 3.63) is 107 Å². The number of aromatic nitrogens is 2. The van der Waals surface area contributed by atoms with Gasteiger partial charge in [0, 0.05) is 40.9 Å². The van der Waals surface area contributed by atoms with Crippen molar-refractivity contribution >= 4 is 34.8 Å². The first-order chi connectivity index (χ1) is 23.4. The molecule has 5 rings (SSSR count). The van der Waals surface area contributed by atoms with E-state index in [2.05, 4.69) is 19.6 Å². The molecule has 0 radical (unpaired) electrons. The maximum atomic E-state index is 14.5. The Labute approximate surface area is 289 Å². The first-order valence-corrected chi connectivity index (χ1v) is 21.5. The van der Waals surface area contributed by atoms with Crippen LogP contribution in [0.1, 0.15) is 18.9 Å². The molecule has 49 heavy (non-hydrogen) atoms. The number of hydrogen-bond donors (Lipinski definition) is 0. The highest BCUT2D eigenvalue weighted by Crippen LogP contribution is 2.39. The predicted molar refractivity (Wildman–Crippen MR) is 196 cm³/mol. The van der Waals surface area contributed by atoms with Crippen LogP contribution >= 0.6 is 0 Å². The quantitative estimate of drug-likeness (QED) is 0.0595. The van der Waals surface area contributed by atoms with Gasteiger partial charge in [0.25, 0.3) is 10.0 Å². The molecule has 260 valence electrons. The summed E-state index contributed by atoms with van der Waals surface area (Å²) >= 11 is 0. The fraction of sp³-hybridized carbons (Fsp3) is 0.324. The van der Waals surface area contributed by atoms with E-state index in [4.69, 9.17) is 18.9 Å². The second-order valence-electron chi connectivity index (χ2n) is 13.1. The van der Waals surface area contributed by atoms with Crippen molar-refractivity contribution in [1.29, 1.82) is 0 Å². The Morgan fingerprint density at radius 1 is 0.755 bits per heavy atom. The van der Waals surface area contributed by atoms with E-state index < -0.39 is 18.1 Å². The zero-order chi connectivity index (χ0) is 35.2. The Balaban J connectivity index is 1.56. The van der Waals surface area contributed by atoms with Gasteiger partial charge in [0.05, 0.1) is 28.2 Å². The van der Waals surface area contributed by atoms with Gasteiger partial charge in [-0.25, -0.2) is 17.5 Å². The number of imidazole rings is 1. The van der Waals surface area contributed by atoms with Gasteiger partial charge in [0.1, 0.15) is 30.6 Å². The molecule has 1 aromatic heterocycles. The van der Waals surface area contributed by atoms with E-state index in [0.717, 1.165) is 18.0 Å². The van der Waals surface area contributed by atoms with Crippen LogP contribution in [0.3, 0.4) is 0 Å². The van der Waals surface area contributed by atoms with Gasteiger partial charge < -0.3 is 18.9 Å². The summed E-state index contributed by atoms with van der Waals surface area (Å²) in [6.45, 7) is 9.77. The van der Waals surface area contributed by atoms with Crippen molar-refractivity contribution in [1.82, 2.24) is 9.13 Å². The van der Waals surface area contributed by atoms with Gasteiger partial charge in [-0.1, -0.05) is 63.0 Å². The lowest BCUT2D eigenvalue weighted by molar-refractivity contribution is 0.156. The SMILES string of the molecule is CCCOc1cccc(Oc2cc3c(cc2N(COCC[Si](C)(C)C)S(=O)(=O)c2ccc(OCc4ccccc4)cc2)n(C)c(=O)n3C)c1. The molecule has 12 heteroatoms. The number of hydrogen-bond acceptors (Lipinski definition) is 7. The van der Waals surface area contributed by atoms with Crippen LogP contribution in [0.4, 0.5) is 5.69 Å². The minimum absolute atomic E-state index is 0.0521. The number of fused-ring (bicyclic) bond motifs is 1. The van der Waals surface area contributed by atoms with E-state index in [0.29, 0.717) is 48.1 Å². The third kappa shape index (κ3) is 8.75. The molecular formula is C37H45N3O7SSi. The highest BCUT2D eigenvalue weighted by atomic mass is 32.2. The molecule has 0 bridgehead atoms. The second-order valence-corrected chi connectivity index (χ2v) is 20.6. The first kappa shape index (κ1) is 35.8. The average molecular weight is 704 g/mol. The summed E-state index contributed by atoms with van der Waals surface area (Å²) in [6.07, 6.45) is 0.846. The maximum Gasteiger partial charge on any atom is 0.328 e. The maximum absolute atomic E-state index is 14.5. The molecule has 4 aromatic carbocycles. The van der Waals surface area contributed by atoms with Crippen LogP contribution in [0, 0.1) is 0 Å². The van der Waals surface area contributed by atoms with Crippen LogP contribution in [0.2, 0.25) is 25.7 Å². The molecule has 0 spiro atoms. The Hall–Kier alpha value is -4.52. The van der Waals surface area contributed by atoms with E-state index in [1.165, 1.54) is 25.6 Å². The molecule has 0 aliphatic rings. The fourth-order valence-corrected chi connectivity index (χ4v) is 7.24. The largest absolute Gasteiger partial charge is 0.493 e. The zero-order valence-electron chi connectivity index (χ0n) is 29.0. The predicted octanol–water partition coefficient (Wildman–Crippen LogP) is 7.54. The monoisotopic (exact) mass is 703 g/mol. The van der Waals surface area contributed by atoms with Crippen LogP contribution in [-0.2, 0) is 35.5 Å². The van der Waals surface area contributed by atoms with Crippen molar-refractivity contribution in [2.24, 2.45) is 14.1 Å². The lowest BCUT2D eigenvalue weighted by Crippen LogP contribution is -2.34. The summed E-state index contributed by atoms with van der Waals surface area (Å²) in [6, 6.07) is 27.5. The second kappa shape index (κ2) is 15.4. The van der Waals surface area contributed by atoms with Crippen LogP contribution in [0.15, 0.2) is 101 Å². The Morgan fingerprint density at radius 3 is 2.10 bits per heavy atom. The summed E-state index contributed by atoms with van der Waals surface area (Å²) in [5, 5.41) is 0. The molecular weight excluding hydrogens is 659 g/mol. The minimum atomic E-state index is -4.21. The highest BCUT2D eigenvalue weighted by molar-refractivity contribution is 7.92. The van der Waals surface area contributed by atoms with Crippen molar-refractivity contribution in [3.63, 3.8) is 0 Å². The van der Waals surface area contributed by atoms with Crippen molar-refractivity contribution in [2.75, 3.05) is 24.2 Å². The van der Waals surface area contributed by atoms with Crippen LogP contribution < -0.4 is 24.2 Å². The molecule has 0 amide bonds. The number of sulfonamides is 1. The van der Waals surface area contributed by atoms with Gasteiger partial charge >= 0.3 is 5.69 Å². The van der Waals surface area contributed by atoms with E-state index in [-0.39, 0.29) is 28.8 Å². The number of nitrogens with zero attached hydrogens (tertiary/aromatic N) is 3. The van der Waals surface area contributed by atoms with E-state index in [1.807, 2.05) is 49.4 Å². The van der Waals surface area contributed by atoms with Crippen molar-refractivity contribution in [3.8, 4) is 23.0 Å². The van der Waals surface area contributed by atoms with E-state index in [9.17, 15) is 13.2 Å². The van der Waals surface area contributed by atoms with Gasteiger partial charge in [-0.15, -0.1) is 0 Å². The van der Waals surface area contributed by atoms with Gasteiger partial charge in [-0.05, 0) is 60.5 Å². The van der Waals surface area contributed by atoms with Crippen LogP contribution in [0.5, 0.6) is 23.0 Å². The molecule has 5 aromatic rings. The Morgan fingerprint density at radius 2 is 1.43 bits per heavy atom. The molecule has 0 N–H and O–H groups in total. The van der Waals surface area contributed by atoms with Gasteiger partial charge in [-0.2, -0.15) is 0 Å². The molecule has 1 heterocycles. The molecule has 0 atom stereocenters. The fourth-order valence-electron chi connectivity index (χ4n) is 5.14. The Bertz CT molecular complexity index is 2040. The van der Waals surface area contributed by atoms with Gasteiger partial charge in [-0.3, -0.25) is 9.13 Å². The van der Waals surface area contributed by atoms with E-state index >= 15 is 0 Å². The first-order valence-electron chi connectivity index (χ1n) is 16.3. The molecule has 0 unspecified atom stereocenters. The topological polar surface area (TPSA) is 101 Å². The molecule has 0 saturated carbocycles. The molecule has 0 aliphatic heterocycles. The van der Waals surface area contributed by atoms with Gasteiger partial charge in [0.2, 0.25) is 0 Å². The number of benzene rings is 4. The third-order valence-corrected chi connectivity index (χ3v) is 11.4. The van der Waals surface area contributed by atoms with Crippen LogP contribution in [-0.4, -0.2) is 45.6 Å². The summed E-state index contributed by atoms with van der Waals surface area (Å²) in [5.41, 5.74) is 2.11. The smallest absolute Gasteiger partial charge is 0.328 e. The van der Waals surface area contributed by atoms with Crippen molar-refractivity contribution < 1.29 is 27.4 Å². The number of rotatable bonds is 16. The summed E-state index contributed by atoms with van der Waals surface area (Å²) in [7, 11) is -2.35. The molecule has 0 aliphatic carbocycles. The molecule has 0 fully saturated rings. The van der Waals surface area contributed by atoms with Crippen molar-refractivity contribution in [2.45, 2.75) is 50.5 Å². The minimum Gasteiger partial charge on any atom is -0.493 e. The number of anilines is 1. The number of ether oxygens (including phenoxy) is 4. The summed E-state index contributed by atoms with van der Waals surface area (Å²) in [4.78, 5) is 13.0. The summed E-state index contributed by atoms with van der Waals surface area (Å²) < 4.78 is 57.5. The lowest BCUT2D eigenvalue weighted by Gasteiger charge is -2.27. The standard InChI is InChI=1S/C37H45N3O7SSi/c1-7-20-45-30-14-11-15-31(23-30)47-36-25-34-33(38(2)37(41)39(34)3)24-35(36)40(27-44-21-22-49(4,5)6)48(42,43)32-18-16-29(17-19-32)46-26-28-12-9-8-10-13-28/h8-19,23-25H,7,20-22,26-27H2,1-6H3. The zero-order valence-corrected chi connectivity index (χ0v) is 30.8. The third-order valence-electron chi connectivity index (χ3n) is 7.99. The lowest BCUT2D eigenvalue weighted by atomic mass is 10.2. The summed E-state index contributed by atoms with van der Waals surface area (Å²) in [5.74, 6) is 1.85. The van der Waals surface area contributed by atoms with Crippen LogP contribution in [0.25, 0.3) is 11.0 Å². The molecule has 0 saturated heterocycles. The number of aryl methyl sites for hydroxylation is 2. The normalized spacial score (nSPS) is 11.9. The van der Waals surface area contributed by atoms with E-state index in [1.54, 1.807) is 50.5 Å². The average Bonchev–Trinajstić information content (AvgIpc) is 3.29. The van der Waals surface area contributed by atoms with Gasteiger partial charge in [0.15, 0.2) is 5.75 Å². The Kier molecular flexibility index (Phi) is 11.2.